The van der Waals surface area contributed by atoms with Crippen LogP contribution < -0.4 is 25.2 Å². The lowest BCUT2D eigenvalue weighted by Gasteiger charge is -2.15. The van der Waals surface area contributed by atoms with Gasteiger partial charge in [-0.1, -0.05) is 13.8 Å². The van der Waals surface area contributed by atoms with Crippen LogP contribution in [0.25, 0.3) is 10.9 Å². The van der Waals surface area contributed by atoms with Gasteiger partial charge in [0.15, 0.2) is 11.5 Å². The molecule has 3 aromatic rings. The molecule has 0 aliphatic heterocycles. The molecular formula is C20H25N5O4S. The highest BCUT2D eigenvalue weighted by atomic mass is 32.2. The predicted molar refractivity (Wildman–Crippen MR) is 117 cm³/mol. The molecule has 0 unspecified atom stereocenters. The Morgan fingerprint density at radius 2 is 1.67 bits per heavy atom. The molecule has 0 atom stereocenters. The first-order valence-corrected chi connectivity index (χ1v) is 10.8. The fraction of sp³-hybridized carbons (Fsp3) is 0.300. The number of hydrogen-bond acceptors (Lipinski definition) is 8. The average Bonchev–Trinajstić information content (AvgIpc) is 2.70. The van der Waals surface area contributed by atoms with E-state index in [0.29, 0.717) is 40.4 Å². The van der Waals surface area contributed by atoms with Gasteiger partial charge in [-0.2, -0.15) is 4.98 Å². The van der Waals surface area contributed by atoms with Gasteiger partial charge in [-0.3, -0.25) is 0 Å². The monoisotopic (exact) mass is 431 g/mol. The first kappa shape index (κ1) is 21.6. The zero-order valence-corrected chi connectivity index (χ0v) is 18.1. The number of anilines is 3. The Kier molecular flexibility index (Phi) is 6.28. The number of nitrogens with two attached hydrogens (primary N) is 1. The number of nitrogens with one attached hydrogen (secondary N) is 2. The normalized spacial score (nSPS) is 11.5. The van der Waals surface area contributed by atoms with Crippen molar-refractivity contribution in [2.45, 2.75) is 18.7 Å². The van der Waals surface area contributed by atoms with E-state index in [0.717, 1.165) is 11.9 Å². The molecule has 0 radical (unpaired) electrons. The summed E-state index contributed by atoms with van der Waals surface area (Å²) in [6, 6.07) is 9.66. The molecule has 10 heteroatoms. The molecule has 0 saturated heterocycles. The van der Waals surface area contributed by atoms with Crippen molar-refractivity contribution >= 4 is 38.4 Å². The van der Waals surface area contributed by atoms with E-state index in [1.165, 1.54) is 12.1 Å². The lowest BCUT2D eigenvalue weighted by Crippen LogP contribution is -2.12. The summed E-state index contributed by atoms with van der Waals surface area (Å²) < 4.78 is 33.7. The smallest absolute Gasteiger partial charge is 0.238 e. The summed E-state index contributed by atoms with van der Waals surface area (Å²) in [5.74, 6) is 2.56. The standard InChI is InChI=1S/C20H25N5O4S/c1-12(2)11-22-19-15-9-17(28-3)18(29-4)10-16(15)24-20(25-19)23-13-5-7-14(8-6-13)30(21,26)27/h5-10,12H,11H2,1-4H3,(H2,21,26,27)(H2,22,23,24,25). The van der Waals surface area contributed by atoms with Crippen LogP contribution in [-0.4, -0.2) is 39.2 Å². The molecule has 0 aliphatic carbocycles. The van der Waals surface area contributed by atoms with Gasteiger partial charge in [0.2, 0.25) is 16.0 Å². The van der Waals surface area contributed by atoms with Crippen LogP contribution in [0.5, 0.6) is 11.5 Å². The van der Waals surface area contributed by atoms with Crippen LogP contribution in [0.15, 0.2) is 41.3 Å². The Morgan fingerprint density at radius 1 is 1.03 bits per heavy atom. The molecule has 1 aromatic heterocycles. The van der Waals surface area contributed by atoms with Gasteiger partial charge in [-0.05, 0) is 36.2 Å². The molecule has 0 amide bonds. The van der Waals surface area contributed by atoms with Crippen molar-refractivity contribution in [2.24, 2.45) is 11.1 Å². The Balaban J connectivity index is 2.03. The van der Waals surface area contributed by atoms with E-state index in [4.69, 9.17) is 14.6 Å². The summed E-state index contributed by atoms with van der Waals surface area (Å²) in [7, 11) is -0.612. The van der Waals surface area contributed by atoms with E-state index in [1.807, 2.05) is 6.07 Å². The molecular weight excluding hydrogens is 406 g/mol. The summed E-state index contributed by atoms with van der Waals surface area (Å²) in [5, 5.41) is 12.4. The summed E-state index contributed by atoms with van der Waals surface area (Å²) in [4.78, 5) is 9.20. The van der Waals surface area contributed by atoms with Crippen LogP contribution in [0.2, 0.25) is 0 Å². The predicted octanol–water partition coefficient (Wildman–Crippen LogP) is 3.11. The van der Waals surface area contributed by atoms with Gasteiger partial charge in [-0.15, -0.1) is 0 Å². The molecule has 0 aliphatic rings. The number of sulfonamides is 1. The van der Waals surface area contributed by atoms with Crippen LogP contribution in [0.1, 0.15) is 13.8 Å². The highest BCUT2D eigenvalue weighted by molar-refractivity contribution is 7.89. The van der Waals surface area contributed by atoms with Crippen molar-refractivity contribution in [3.8, 4) is 11.5 Å². The summed E-state index contributed by atoms with van der Waals surface area (Å²) >= 11 is 0. The number of nitrogens with zero attached hydrogens (tertiary/aromatic N) is 2. The maximum Gasteiger partial charge on any atom is 0.238 e. The number of hydrogen-bond donors (Lipinski definition) is 3. The number of primary sulfonamides is 1. The van der Waals surface area contributed by atoms with Crippen LogP contribution in [0.3, 0.4) is 0 Å². The first-order chi connectivity index (χ1) is 14.2. The topological polar surface area (TPSA) is 128 Å². The van der Waals surface area contributed by atoms with Gasteiger partial charge < -0.3 is 20.1 Å². The summed E-state index contributed by atoms with van der Waals surface area (Å²) in [6.07, 6.45) is 0. The van der Waals surface area contributed by atoms with Crippen molar-refractivity contribution in [1.82, 2.24) is 9.97 Å². The number of fused-ring (bicyclic) bond motifs is 1. The van der Waals surface area contributed by atoms with E-state index >= 15 is 0 Å². The second-order valence-electron chi connectivity index (χ2n) is 7.09. The Hall–Kier alpha value is -3.11. The summed E-state index contributed by atoms with van der Waals surface area (Å²) in [5.41, 5.74) is 1.29. The quantitative estimate of drug-likeness (QED) is 0.496. The molecule has 1 heterocycles. The van der Waals surface area contributed by atoms with Crippen molar-refractivity contribution in [3.05, 3.63) is 36.4 Å². The molecule has 0 saturated carbocycles. The molecule has 0 fully saturated rings. The van der Waals surface area contributed by atoms with Crippen molar-refractivity contribution < 1.29 is 17.9 Å². The Morgan fingerprint density at radius 3 is 2.23 bits per heavy atom. The van der Waals surface area contributed by atoms with Crippen molar-refractivity contribution in [2.75, 3.05) is 31.4 Å². The van der Waals surface area contributed by atoms with Gasteiger partial charge in [-0.25, -0.2) is 18.5 Å². The number of benzene rings is 2. The molecule has 0 bridgehead atoms. The molecule has 4 N–H and O–H groups in total. The van der Waals surface area contributed by atoms with E-state index in [-0.39, 0.29) is 4.90 Å². The number of methoxy groups -OCH3 is 2. The van der Waals surface area contributed by atoms with Crippen LogP contribution in [0.4, 0.5) is 17.5 Å². The molecule has 0 spiro atoms. The fourth-order valence-electron chi connectivity index (χ4n) is 2.80. The minimum atomic E-state index is -3.75. The molecule has 30 heavy (non-hydrogen) atoms. The largest absolute Gasteiger partial charge is 0.493 e. The number of aromatic nitrogens is 2. The van der Waals surface area contributed by atoms with Gasteiger partial charge in [0.1, 0.15) is 5.82 Å². The molecule has 160 valence electrons. The molecule has 9 nitrogen and oxygen atoms in total. The third kappa shape index (κ3) is 4.89. The second kappa shape index (κ2) is 8.72. The fourth-order valence-corrected chi connectivity index (χ4v) is 3.32. The van der Waals surface area contributed by atoms with Crippen LogP contribution >= 0.6 is 0 Å². The highest BCUT2D eigenvalue weighted by Gasteiger charge is 2.14. The SMILES string of the molecule is COc1cc2nc(Nc3ccc(S(N)(=O)=O)cc3)nc(NCC(C)C)c2cc1OC. The minimum absolute atomic E-state index is 0.0311. The Labute approximate surface area is 175 Å². The zero-order valence-electron chi connectivity index (χ0n) is 17.3. The van der Waals surface area contributed by atoms with E-state index < -0.39 is 10.0 Å². The third-order valence-corrected chi connectivity index (χ3v) is 5.25. The minimum Gasteiger partial charge on any atom is -0.493 e. The second-order valence-corrected chi connectivity index (χ2v) is 8.65. The van der Waals surface area contributed by atoms with E-state index in [1.54, 1.807) is 32.4 Å². The zero-order chi connectivity index (χ0) is 21.9. The third-order valence-electron chi connectivity index (χ3n) is 4.32. The number of rotatable bonds is 8. The maximum absolute atomic E-state index is 11.4. The average molecular weight is 432 g/mol. The van der Waals surface area contributed by atoms with Crippen LogP contribution in [0, 0.1) is 5.92 Å². The van der Waals surface area contributed by atoms with E-state index in [9.17, 15) is 8.42 Å². The maximum atomic E-state index is 11.4. The lowest BCUT2D eigenvalue weighted by atomic mass is 10.2. The Bertz CT molecular complexity index is 1150. The first-order valence-electron chi connectivity index (χ1n) is 9.28. The van der Waals surface area contributed by atoms with Gasteiger partial charge in [0, 0.05) is 23.7 Å². The summed E-state index contributed by atoms with van der Waals surface area (Å²) in [6.45, 7) is 4.93. The van der Waals surface area contributed by atoms with Gasteiger partial charge in [0.25, 0.3) is 0 Å². The van der Waals surface area contributed by atoms with Gasteiger partial charge >= 0.3 is 0 Å². The van der Waals surface area contributed by atoms with Crippen molar-refractivity contribution in [1.29, 1.82) is 0 Å². The lowest BCUT2D eigenvalue weighted by molar-refractivity contribution is 0.356. The highest BCUT2D eigenvalue weighted by Crippen LogP contribution is 2.35. The van der Waals surface area contributed by atoms with E-state index in [2.05, 4.69) is 34.4 Å². The van der Waals surface area contributed by atoms with Crippen LogP contribution in [-0.2, 0) is 10.0 Å². The number of ether oxygens (including phenoxy) is 2. The van der Waals surface area contributed by atoms with Crippen molar-refractivity contribution in [3.63, 3.8) is 0 Å². The van der Waals surface area contributed by atoms with Gasteiger partial charge in [0.05, 0.1) is 24.6 Å². The molecule has 3 rings (SSSR count). The molecule has 2 aromatic carbocycles.